The molecule has 0 saturated heterocycles. The maximum Gasteiger partial charge on any atom is 0.124 e. The molecule has 0 heterocycles. The van der Waals surface area contributed by atoms with Crippen LogP contribution in [0.5, 0.6) is 0 Å². The van der Waals surface area contributed by atoms with Gasteiger partial charge in [-0.25, -0.2) is 9.38 Å². The highest BCUT2D eigenvalue weighted by molar-refractivity contribution is 6.33. The fourth-order valence-corrected chi connectivity index (χ4v) is 2.41. The normalized spacial score (nSPS) is 18.4. The first-order valence-electron chi connectivity index (χ1n) is 5.96. The number of nitrogens with two attached hydrogens (primary N) is 1. The lowest BCUT2D eigenvalue weighted by Gasteiger charge is -2.20. The van der Waals surface area contributed by atoms with Gasteiger partial charge in [-0.3, -0.25) is 0 Å². The molecule has 0 radical (unpaired) electrons. The first-order valence-corrected chi connectivity index (χ1v) is 6.34. The van der Waals surface area contributed by atoms with Crippen LogP contribution >= 0.6 is 11.6 Å². The number of aliphatic imine (C=N–C) groups is 1. The highest BCUT2D eigenvalue weighted by Gasteiger charge is 2.17. The van der Waals surface area contributed by atoms with Crippen molar-refractivity contribution in [1.29, 1.82) is 0 Å². The summed E-state index contributed by atoms with van der Waals surface area (Å²) in [6.07, 6.45) is 5.87. The summed E-state index contributed by atoms with van der Waals surface area (Å²) < 4.78 is 12.9. The van der Waals surface area contributed by atoms with Crippen LogP contribution in [0.3, 0.4) is 0 Å². The predicted molar refractivity (Wildman–Crippen MR) is 69.3 cm³/mol. The molecule has 2 nitrogen and oxygen atoms in total. The van der Waals surface area contributed by atoms with Crippen molar-refractivity contribution in [2.45, 2.75) is 32.1 Å². The van der Waals surface area contributed by atoms with Crippen molar-refractivity contribution in [1.82, 2.24) is 0 Å². The van der Waals surface area contributed by atoms with Crippen LogP contribution in [0.15, 0.2) is 23.2 Å². The Morgan fingerprint density at radius 3 is 2.65 bits per heavy atom. The van der Waals surface area contributed by atoms with E-state index >= 15 is 0 Å². The minimum atomic E-state index is -0.356. The van der Waals surface area contributed by atoms with E-state index in [-0.39, 0.29) is 5.82 Å². The number of hydrogen-bond donors (Lipinski definition) is 1. The summed E-state index contributed by atoms with van der Waals surface area (Å²) in [6, 6.07) is 4.17. The SMILES string of the molecule is NC(=Nc1ccc(F)cc1Cl)C1CCCCC1. The summed E-state index contributed by atoms with van der Waals surface area (Å²) in [5.74, 6) is 0.619. The van der Waals surface area contributed by atoms with Crippen LogP contribution in [0.25, 0.3) is 0 Å². The van der Waals surface area contributed by atoms with Crippen molar-refractivity contribution in [2.75, 3.05) is 0 Å². The second-order valence-corrected chi connectivity index (χ2v) is 4.87. The van der Waals surface area contributed by atoms with E-state index in [0.29, 0.717) is 22.5 Å². The van der Waals surface area contributed by atoms with Crippen LogP contribution in [0.4, 0.5) is 10.1 Å². The van der Waals surface area contributed by atoms with Crippen LogP contribution in [-0.2, 0) is 0 Å². The summed E-state index contributed by atoms with van der Waals surface area (Å²) in [5.41, 5.74) is 6.54. The Bertz CT molecular complexity index is 425. The van der Waals surface area contributed by atoms with Gasteiger partial charge in [0.2, 0.25) is 0 Å². The lowest BCUT2D eigenvalue weighted by molar-refractivity contribution is 0.437. The minimum Gasteiger partial charge on any atom is -0.387 e. The Kier molecular flexibility index (Phi) is 4.00. The zero-order valence-corrected chi connectivity index (χ0v) is 10.4. The molecule has 1 aromatic carbocycles. The molecule has 1 saturated carbocycles. The van der Waals surface area contributed by atoms with Gasteiger partial charge in [-0.1, -0.05) is 30.9 Å². The Morgan fingerprint density at radius 2 is 2.00 bits per heavy atom. The summed E-state index contributed by atoms with van der Waals surface area (Å²) in [4.78, 5) is 4.32. The molecule has 0 amide bonds. The molecule has 92 valence electrons. The highest BCUT2D eigenvalue weighted by Crippen LogP contribution is 2.28. The molecule has 0 unspecified atom stereocenters. The van der Waals surface area contributed by atoms with Gasteiger partial charge in [0.15, 0.2) is 0 Å². The Balaban J connectivity index is 2.16. The molecule has 2 N–H and O–H groups in total. The molecule has 1 aliphatic rings. The first-order chi connectivity index (χ1) is 8.16. The van der Waals surface area contributed by atoms with Gasteiger partial charge < -0.3 is 5.73 Å². The van der Waals surface area contributed by atoms with Gasteiger partial charge in [-0.2, -0.15) is 0 Å². The Morgan fingerprint density at radius 1 is 1.29 bits per heavy atom. The Labute approximate surface area is 106 Å². The van der Waals surface area contributed by atoms with Gasteiger partial charge in [-0.05, 0) is 31.0 Å². The van der Waals surface area contributed by atoms with E-state index in [2.05, 4.69) is 4.99 Å². The van der Waals surface area contributed by atoms with Crippen molar-refractivity contribution < 1.29 is 4.39 Å². The number of hydrogen-bond acceptors (Lipinski definition) is 1. The quantitative estimate of drug-likeness (QED) is 0.628. The summed E-state index contributed by atoms with van der Waals surface area (Å²) >= 11 is 5.91. The van der Waals surface area contributed by atoms with Crippen molar-refractivity contribution in [3.63, 3.8) is 0 Å². The van der Waals surface area contributed by atoms with Crippen LogP contribution in [-0.4, -0.2) is 5.84 Å². The molecule has 17 heavy (non-hydrogen) atoms. The average Bonchev–Trinajstić information content (AvgIpc) is 2.34. The number of amidine groups is 1. The van der Waals surface area contributed by atoms with E-state index in [4.69, 9.17) is 17.3 Å². The lowest BCUT2D eigenvalue weighted by atomic mass is 9.88. The van der Waals surface area contributed by atoms with Gasteiger partial charge in [0.05, 0.1) is 10.7 Å². The van der Waals surface area contributed by atoms with Crippen molar-refractivity contribution in [3.05, 3.63) is 29.0 Å². The van der Waals surface area contributed by atoms with E-state index < -0.39 is 0 Å². The van der Waals surface area contributed by atoms with Gasteiger partial charge in [0.1, 0.15) is 11.7 Å². The number of rotatable bonds is 2. The van der Waals surface area contributed by atoms with E-state index in [1.165, 1.54) is 31.4 Å². The zero-order valence-electron chi connectivity index (χ0n) is 9.63. The number of nitrogens with zero attached hydrogens (tertiary/aromatic N) is 1. The topological polar surface area (TPSA) is 38.4 Å². The van der Waals surface area contributed by atoms with Crippen LogP contribution < -0.4 is 5.73 Å². The van der Waals surface area contributed by atoms with Crippen LogP contribution in [0.1, 0.15) is 32.1 Å². The molecule has 4 heteroatoms. The number of benzene rings is 1. The lowest BCUT2D eigenvalue weighted by Crippen LogP contribution is -2.25. The maximum atomic E-state index is 12.9. The van der Waals surface area contributed by atoms with Crippen LogP contribution in [0.2, 0.25) is 5.02 Å². The van der Waals surface area contributed by atoms with E-state index in [0.717, 1.165) is 12.8 Å². The second-order valence-electron chi connectivity index (χ2n) is 4.47. The monoisotopic (exact) mass is 254 g/mol. The fraction of sp³-hybridized carbons (Fsp3) is 0.462. The largest absolute Gasteiger partial charge is 0.387 e. The predicted octanol–water partition coefficient (Wildman–Crippen LogP) is 4.05. The van der Waals surface area contributed by atoms with Gasteiger partial charge >= 0.3 is 0 Å². The van der Waals surface area contributed by atoms with E-state index in [1.54, 1.807) is 6.07 Å². The summed E-state index contributed by atoms with van der Waals surface area (Å²) in [6.45, 7) is 0. The maximum absolute atomic E-state index is 12.9. The third kappa shape index (κ3) is 3.19. The van der Waals surface area contributed by atoms with Crippen LogP contribution in [0, 0.1) is 11.7 Å². The van der Waals surface area contributed by atoms with Gasteiger partial charge in [0, 0.05) is 5.92 Å². The smallest absolute Gasteiger partial charge is 0.124 e. The van der Waals surface area contributed by atoms with Gasteiger partial charge in [0.25, 0.3) is 0 Å². The molecular formula is C13H16ClFN2. The summed E-state index contributed by atoms with van der Waals surface area (Å²) in [7, 11) is 0. The van der Waals surface area contributed by atoms with Crippen molar-refractivity contribution in [2.24, 2.45) is 16.6 Å². The fourth-order valence-electron chi connectivity index (χ4n) is 2.20. The first kappa shape index (κ1) is 12.4. The van der Waals surface area contributed by atoms with Crippen molar-refractivity contribution >= 4 is 23.1 Å². The average molecular weight is 255 g/mol. The molecular weight excluding hydrogens is 239 g/mol. The zero-order chi connectivity index (χ0) is 12.3. The Hall–Kier alpha value is -1.09. The molecule has 0 bridgehead atoms. The second kappa shape index (κ2) is 5.50. The van der Waals surface area contributed by atoms with Gasteiger partial charge in [-0.15, -0.1) is 0 Å². The minimum absolute atomic E-state index is 0.309. The molecule has 2 rings (SSSR count). The summed E-state index contributed by atoms with van der Waals surface area (Å²) in [5, 5.41) is 0.309. The third-order valence-electron chi connectivity index (χ3n) is 3.18. The molecule has 1 fully saturated rings. The molecule has 0 atom stereocenters. The highest BCUT2D eigenvalue weighted by atomic mass is 35.5. The molecule has 0 spiro atoms. The molecule has 0 aromatic heterocycles. The van der Waals surface area contributed by atoms with E-state index in [1.807, 2.05) is 0 Å². The van der Waals surface area contributed by atoms with E-state index in [9.17, 15) is 4.39 Å². The standard InChI is InChI=1S/C13H16ClFN2/c14-11-8-10(15)6-7-12(11)17-13(16)9-4-2-1-3-5-9/h6-9H,1-5H2,(H2,16,17). The molecule has 0 aliphatic heterocycles. The molecule has 1 aromatic rings. The van der Waals surface area contributed by atoms with Crippen molar-refractivity contribution in [3.8, 4) is 0 Å². The third-order valence-corrected chi connectivity index (χ3v) is 3.49. The number of halogens is 2. The molecule has 1 aliphatic carbocycles.